The molecule has 0 bridgehead atoms. The first kappa shape index (κ1) is 12.7. The molecule has 1 aromatic rings. The molecule has 1 heterocycles. The van der Waals surface area contributed by atoms with Gasteiger partial charge in [0.25, 0.3) is 5.91 Å². The summed E-state index contributed by atoms with van der Waals surface area (Å²) in [6.07, 6.45) is 0.646. The number of hydrogen-bond donors (Lipinski definition) is 3. The van der Waals surface area contributed by atoms with Crippen LogP contribution in [0.1, 0.15) is 23.7 Å². The van der Waals surface area contributed by atoms with E-state index < -0.39 is 5.91 Å². The van der Waals surface area contributed by atoms with Crippen LogP contribution in [-0.4, -0.2) is 30.2 Å². The van der Waals surface area contributed by atoms with Crippen LogP contribution in [0.15, 0.2) is 18.2 Å². The highest BCUT2D eigenvalue weighted by Gasteiger charge is 2.26. The van der Waals surface area contributed by atoms with Crippen LogP contribution in [0.25, 0.3) is 0 Å². The zero-order valence-electron chi connectivity index (χ0n) is 10.5. The largest absolute Gasteiger partial charge is 0.398 e. The fraction of sp³-hybridized carbons (Fsp3) is 0.462. The molecule has 0 saturated carbocycles. The molecule has 0 aliphatic carbocycles. The lowest BCUT2D eigenvalue weighted by Crippen LogP contribution is -2.24. The Hall–Kier alpha value is -1.75. The molecule has 0 spiro atoms. The van der Waals surface area contributed by atoms with Crippen LogP contribution in [0.4, 0.5) is 11.4 Å². The van der Waals surface area contributed by atoms with Crippen molar-refractivity contribution < 1.29 is 9.90 Å². The average molecular weight is 249 g/mol. The van der Waals surface area contributed by atoms with E-state index in [1.807, 2.05) is 13.0 Å². The molecule has 1 fully saturated rings. The van der Waals surface area contributed by atoms with Crippen molar-refractivity contribution in [3.05, 3.63) is 23.8 Å². The van der Waals surface area contributed by atoms with Gasteiger partial charge in [-0.25, -0.2) is 0 Å². The number of amides is 1. The summed E-state index contributed by atoms with van der Waals surface area (Å²) in [6, 6.07) is 5.30. The van der Waals surface area contributed by atoms with E-state index in [4.69, 9.17) is 11.5 Å². The Bertz CT molecular complexity index is 460. The number of rotatable bonds is 3. The van der Waals surface area contributed by atoms with Gasteiger partial charge in [0.1, 0.15) is 0 Å². The second kappa shape index (κ2) is 4.86. The molecular formula is C13H19N3O2. The average Bonchev–Trinajstić information content (AvgIpc) is 2.78. The first-order valence-electron chi connectivity index (χ1n) is 6.11. The van der Waals surface area contributed by atoms with Crippen molar-refractivity contribution in [3.63, 3.8) is 0 Å². The molecule has 0 aromatic heterocycles. The fourth-order valence-electron chi connectivity index (χ4n) is 2.37. The van der Waals surface area contributed by atoms with Crippen LogP contribution in [0.5, 0.6) is 0 Å². The lowest BCUT2D eigenvalue weighted by Gasteiger charge is -2.20. The van der Waals surface area contributed by atoms with Gasteiger partial charge >= 0.3 is 0 Å². The Morgan fingerprint density at radius 2 is 2.28 bits per heavy atom. The molecule has 1 aromatic carbocycles. The molecule has 5 heteroatoms. The zero-order chi connectivity index (χ0) is 13.3. The first-order chi connectivity index (χ1) is 8.49. The molecule has 2 rings (SSSR count). The van der Waals surface area contributed by atoms with Crippen LogP contribution in [-0.2, 0) is 0 Å². The molecule has 5 nitrogen and oxygen atoms in total. The molecule has 1 amide bonds. The molecule has 18 heavy (non-hydrogen) atoms. The van der Waals surface area contributed by atoms with Gasteiger partial charge in [0.15, 0.2) is 0 Å². The molecule has 2 atom stereocenters. The normalized spacial score (nSPS) is 21.0. The van der Waals surface area contributed by atoms with Gasteiger partial charge in [-0.05, 0) is 31.5 Å². The topological polar surface area (TPSA) is 92.6 Å². The van der Waals surface area contributed by atoms with E-state index in [-0.39, 0.29) is 12.0 Å². The highest BCUT2D eigenvalue weighted by Crippen LogP contribution is 2.28. The number of nitrogen functional groups attached to an aromatic ring is 1. The number of nitrogens with zero attached hydrogens (tertiary/aromatic N) is 1. The van der Waals surface area contributed by atoms with Crippen LogP contribution >= 0.6 is 0 Å². The van der Waals surface area contributed by atoms with Gasteiger partial charge in [-0.1, -0.05) is 0 Å². The van der Waals surface area contributed by atoms with E-state index in [2.05, 4.69) is 4.90 Å². The monoisotopic (exact) mass is 249 g/mol. The first-order valence-corrected chi connectivity index (χ1v) is 6.11. The number of aliphatic hydroxyl groups excluding tert-OH is 1. The number of benzene rings is 1. The minimum absolute atomic E-state index is 0.277. The summed E-state index contributed by atoms with van der Waals surface area (Å²) >= 11 is 0. The lowest BCUT2D eigenvalue weighted by atomic mass is 10.0. The minimum atomic E-state index is -0.513. The summed E-state index contributed by atoms with van der Waals surface area (Å²) in [5.41, 5.74) is 12.7. The summed E-state index contributed by atoms with van der Waals surface area (Å²) in [5, 5.41) is 9.58. The Balaban J connectivity index is 2.20. The second-order valence-electron chi connectivity index (χ2n) is 4.87. The van der Waals surface area contributed by atoms with Gasteiger partial charge in [0.2, 0.25) is 0 Å². The Kier molecular flexibility index (Phi) is 3.43. The number of aliphatic hydroxyl groups is 1. The number of hydrogen-bond acceptors (Lipinski definition) is 4. The summed E-state index contributed by atoms with van der Waals surface area (Å²) < 4.78 is 0. The molecule has 5 N–H and O–H groups in total. The number of nitrogens with two attached hydrogens (primary N) is 2. The third-order valence-electron chi connectivity index (χ3n) is 3.57. The summed E-state index contributed by atoms with van der Waals surface area (Å²) in [6.45, 7) is 3.48. The lowest BCUT2D eigenvalue weighted by molar-refractivity contribution is 0.100. The van der Waals surface area contributed by atoms with Gasteiger partial charge in [0, 0.05) is 30.4 Å². The van der Waals surface area contributed by atoms with E-state index in [1.54, 1.807) is 12.1 Å². The Morgan fingerprint density at radius 1 is 1.56 bits per heavy atom. The predicted octanol–water partition coefficient (Wildman–Crippen LogP) is 0.575. The molecule has 2 unspecified atom stereocenters. The van der Waals surface area contributed by atoms with E-state index in [0.717, 1.165) is 25.2 Å². The maximum Gasteiger partial charge on any atom is 0.250 e. The van der Waals surface area contributed by atoms with Gasteiger partial charge in [-0.15, -0.1) is 0 Å². The predicted molar refractivity (Wildman–Crippen MR) is 71.4 cm³/mol. The van der Waals surface area contributed by atoms with E-state index in [0.29, 0.717) is 11.3 Å². The third kappa shape index (κ3) is 2.41. The smallest absolute Gasteiger partial charge is 0.250 e. The van der Waals surface area contributed by atoms with Gasteiger partial charge in [-0.3, -0.25) is 4.79 Å². The molecule has 1 saturated heterocycles. The van der Waals surface area contributed by atoms with Gasteiger partial charge in [-0.2, -0.15) is 0 Å². The van der Waals surface area contributed by atoms with Gasteiger partial charge in [0.05, 0.1) is 11.7 Å². The van der Waals surface area contributed by atoms with Crippen molar-refractivity contribution in [1.82, 2.24) is 0 Å². The van der Waals surface area contributed by atoms with E-state index in [1.165, 1.54) is 0 Å². The van der Waals surface area contributed by atoms with Crippen LogP contribution < -0.4 is 16.4 Å². The second-order valence-corrected chi connectivity index (χ2v) is 4.87. The van der Waals surface area contributed by atoms with Crippen molar-refractivity contribution in [2.75, 3.05) is 23.7 Å². The summed E-state index contributed by atoms with van der Waals surface area (Å²) in [5.74, 6) is -0.236. The van der Waals surface area contributed by atoms with Crippen LogP contribution in [0.3, 0.4) is 0 Å². The van der Waals surface area contributed by atoms with Crippen molar-refractivity contribution in [3.8, 4) is 0 Å². The van der Waals surface area contributed by atoms with Gasteiger partial charge < -0.3 is 21.5 Å². The van der Waals surface area contributed by atoms with Crippen LogP contribution in [0, 0.1) is 5.92 Å². The highest BCUT2D eigenvalue weighted by atomic mass is 16.3. The standard InChI is InChI=1S/C13H19N3O2/c1-8(17)9-4-5-16(7-9)10-2-3-12(14)11(6-10)13(15)18/h2-3,6,8-9,17H,4-5,7,14H2,1H3,(H2,15,18). The maximum atomic E-state index is 11.2. The zero-order valence-corrected chi connectivity index (χ0v) is 10.5. The fourth-order valence-corrected chi connectivity index (χ4v) is 2.37. The Morgan fingerprint density at radius 3 is 2.83 bits per heavy atom. The van der Waals surface area contributed by atoms with E-state index >= 15 is 0 Å². The van der Waals surface area contributed by atoms with Crippen LogP contribution in [0.2, 0.25) is 0 Å². The molecular weight excluding hydrogens is 230 g/mol. The van der Waals surface area contributed by atoms with Crippen molar-refractivity contribution in [2.45, 2.75) is 19.4 Å². The number of carbonyl (C=O) groups excluding carboxylic acids is 1. The van der Waals surface area contributed by atoms with Crippen molar-refractivity contribution in [1.29, 1.82) is 0 Å². The van der Waals surface area contributed by atoms with E-state index in [9.17, 15) is 9.90 Å². The molecule has 0 radical (unpaired) electrons. The van der Waals surface area contributed by atoms with Crippen molar-refractivity contribution in [2.24, 2.45) is 11.7 Å². The summed E-state index contributed by atoms with van der Waals surface area (Å²) in [4.78, 5) is 13.4. The molecule has 1 aliphatic heterocycles. The molecule has 98 valence electrons. The SMILES string of the molecule is CC(O)C1CCN(c2ccc(N)c(C(N)=O)c2)C1. The number of carbonyl (C=O) groups is 1. The summed E-state index contributed by atoms with van der Waals surface area (Å²) in [7, 11) is 0. The Labute approximate surface area is 106 Å². The highest BCUT2D eigenvalue weighted by molar-refractivity contribution is 5.99. The minimum Gasteiger partial charge on any atom is -0.398 e. The van der Waals surface area contributed by atoms with Crippen molar-refractivity contribution >= 4 is 17.3 Å². The maximum absolute atomic E-state index is 11.2. The number of primary amides is 1. The molecule has 1 aliphatic rings. The number of anilines is 2. The third-order valence-corrected chi connectivity index (χ3v) is 3.57. The quantitative estimate of drug-likeness (QED) is 0.683.